The smallest absolute Gasteiger partial charge is 0.242 e. The van der Waals surface area contributed by atoms with Crippen LogP contribution < -0.4 is 4.72 Å². The molecular weight excluding hydrogens is 334 g/mol. The molecule has 2 aromatic rings. The minimum atomic E-state index is -3.60. The Morgan fingerprint density at radius 2 is 2.13 bits per heavy atom. The van der Waals surface area contributed by atoms with Crippen LogP contribution in [0.25, 0.3) is 11.0 Å². The molecule has 6 nitrogen and oxygen atoms in total. The fourth-order valence-electron chi connectivity index (χ4n) is 2.99. The van der Waals surface area contributed by atoms with Gasteiger partial charge in [-0.2, -0.15) is 8.75 Å². The molecule has 1 N–H and O–H groups in total. The Morgan fingerprint density at radius 1 is 1.30 bits per heavy atom. The summed E-state index contributed by atoms with van der Waals surface area (Å²) in [5.41, 5.74) is 1.02. The summed E-state index contributed by atoms with van der Waals surface area (Å²) in [5.74, 6) is 0.551. The van der Waals surface area contributed by atoms with Gasteiger partial charge < -0.3 is 4.74 Å². The number of rotatable bonds is 6. The zero-order valence-electron chi connectivity index (χ0n) is 13.1. The molecule has 1 aliphatic carbocycles. The van der Waals surface area contributed by atoms with E-state index in [9.17, 15) is 8.42 Å². The predicted octanol–water partition coefficient (Wildman–Crippen LogP) is 2.56. The summed E-state index contributed by atoms with van der Waals surface area (Å²) in [6, 6.07) is 4.99. The van der Waals surface area contributed by atoms with Crippen molar-refractivity contribution in [2.75, 3.05) is 13.2 Å². The average Bonchev–Trinajstić information content (AvgIpc) is 3.01. The highest BCUT2D eigenvalue weighted by atomic mass is 32.2. The van der Waals surface area contributed by atoms with Crippen LogP contribution in [0.1, 0.15) is 32.6 Å². The van der Waals surface area contributed by atoms with E-state index >= 15 is 0 Å². The summed E-state index contributed by atoms with van der Waals surface area (Å²) in [6.07, 6.45) is 4.96. The lowest BCUT2D eigenvalue weighted by Crippen LogP contribution is -2.32. The molecule has 0 unspecified atom stereocenters. The Labute approximate surface area is 140 Å². The van der Waals surface area contributed by atoms with Gasteiger partial charge in [-0.15, -0.1) is 0 Å². The van der Waals surface area contributed by atoms with Crippen molar-refractivity contribution in [2.45, 2.75) is 43.6 Å². The van der Waals surface area contributed by atoms with Gasteiger partial charge in [-0.1, -0.05) is 25.8 Å². The maximum Gasteiger partial charge on any atom is 0.242 e. The summed E-state index contributed by atoms with van der Waals surface area (Å²) in [5, 5.41) is 0. The molecule has 1 fully saturated rings. The second-order valence-electron chi connectivity index (χ2n) is 5.96. The summed E-state index contributed by atoms with van der Waals surface area (Å²) in [6.45, 7) is 2.85. The third-order valence-corrected chi connectivity index (χ3v) is 6.33. The van der Waals surface area contributed by atoms with Crippen LogP contribution >= 0.6 is 11.7 Å². The van der Waals surface area contributed by atoms with E-state index in [1.807, 2.05) is 0 Å². The van der Waals surface area contributed by atoms with Crippen LogP contribution in [0.5, 0.6) is 0 Å². The van der Waals surface area contributed by atoms with Gasteiger partial charge in [0, 0.05) is 6.54 Å². The van der Waals surface area contributed by atoms with E-state index in [2.05, 4.69) is 20.4 Å². The second kappa shape index (κ2) is 7.21. The number of nitrogens with one attached hydrogen (secondary N) is 1. The largest absolute Gasteiger partial charge is 0.377 e. The molecule has 0 spiro atoms. The Kier molecular flexibility index (Phi) is 5.25. The topological polar surface area (TPSA) is 81.2 Å². The summed E-state index contributed by atoms with van der Waals surface area (Å²) >= 11 is 1.01. The third-order valence-electron chi connectivity index (χ3n) is 4.30. The normalized spacial score (nSPS) is 22.5. The standard InChI is InChI=1S/C15H21N3O3S2/c1-11-5-2-3-7-13(11)21-10-9-16-23(19,20)14-8-4-6-12-15(14)18-22-17-12/h4,6,8,11,13,16H,2-3,5,7,9-10H2,1H3/t11-,13+/m0/s1. The van der Waals surface area contributed by atoms with Gasteiger partial charge in [0.05, 0.1) is 24.4 Å². The highest BCUT2D eigenvalue weighted by Gasteiger charge is 2.22. The van der Waals surface area contributed by atoms with Gasteiger partial charge in [0.15, 0.2) is 0 Å². The molecule has 1 aromatic heterocycles. The molecular formula is C15H21N3O3S2. The zero-order chi connectivity index (χ0) is 16.3. The molecule has 8 heteroatoms. The van der Waals surface area contributed by atoms with E-state index in [-0.39, 0.29) is 17.5 Å². The quantitative estimate of drug-likeness (QED) is 0.806. The molecule has 1 saturated carbocycles. The zero-order valence-corrected chi connectivity index (χ0v) is 14.7. The molecule has 1 aromatic carbocycles. The second-order valence-corrected chi connectivity index (χ2v) is 8.22. The fraction of sp³-hybridized carbons (Fsp3) is 0.600. The molecule has 3 rings (SSSR count). The summed E-state index contributed by atoms with van der Waals surface area (Å²) < 4.78 is 41.5. The predicted molar refractivity (Wildman–Crippen MR) is 90.0 cm³/mol. The monoisotopic (exact) mass is 355 g/mol. The summed E-state index contributed by atoms with van der Waals surface area (Å²) in [7, 11) is -3.60. The number of aromatic nitrogens is 2. The molecule has 126 valence electrons. The lowest BCUT2D eigenvalue weighted by atomic mass is 9.88. The first-order chi connectivity index (χ1) is 11.1. The van der Waals surface area contributed by atoms with Crippen molar-refractivity contribution >= 4 is 32.8 Å². The molecule has 1 heterocycles. The minimum Gasteiger partial charge on any atom is -0.377 e. The fourth-order valence-corrected chi connectivity index (χ4v) is 4.77. The number of benzene rings is 1. The van der Waals surface area contributed by atoms with Crippen molar-refractivity contribution in [1.82, 2.24) is 13.5 Å². The van der Waals surface area contributed by atoms with E-state index in [1.165, 1.54) is 19.3 Å². The van der Waals surface area contributed by atoms with Crippen LogP contribution in [0.4, 0.5) is 0 Å². The van der Waals surface area contributed by atoms with Crippen molar-refractivity contribution in [1.29, 1.82) is 0 Å². The van der Waals surface area contributed by atoms with Gasteiger partial charge in [-0.25, -0.2) is 13.1 Å². The Hall–Kier alpha value is -1.09. The number of ether oxygens (including phenoxy) is 1. The first-order valence-electron chi connectivity index (χ1n) is 7.90. The molecule has 23 heavy (non-hydrogen) atoms. The molecule has 0 bridgehead atoms. The van der Waals surface area contributed by atoms with Crippen LogP contribution in [0, 0.1) is 5.92 Å². The van der Waals surface area contributed by atoms with Gasteiger partial charge >= 0.3 is 0 Å². The first kappa shape index (κ1) is 16.8. The average molecular weight is 355 g/mol. The maximum absolute atomic E-state index is 12.4. The number of fused-ring (bicyclic) bond motifs is 1. The highest BCUT2D eigenvalue weighted by molar-refractivity contribution is 7.89. The van der Waals surface area contributed by atoms with Gasteiger partial charge in [0.25, 0.3) is 0 Å². The molecule has 0 aliphatic heterocycles. The molecule has 0 radical (unpaired) electrons. The van der Waals surface area contributed by atoms with Crippen LogP contribution in [-0.2, 0) is 14.8 Å². The van der Waals surface area contributed by atoms with Crippen molar-refractivity contribution in [3.05, 3.63) is 18.2 Å². The molecule has 0 amide bonds. The number of nitrogens with zero attached hydrogens (tertiary/aromatic N) is 2. The van der Waals surface area contributed by atoms with Crippen molar-refractivity contribution in [2.24, 2.45) is 5.92 Å². The Morgan fingerprint density at radius 3 is 2.96 bits per heavy atom. The van der Waals surface area contributed by atoms with Crippen LogP contribution in [-0.4, -0.2) is 36.4 Å². The Balaban J connectivity index is 1.58. The van der Waals surface area contributed by atoms with E-state index in [1.54, 1.807) is 18.2 Å². The maximum atomic E-state index is 12.4. The van der Waals surface area contributed by atoms with Crippen molar-refractivity contribution < 1.29 is 13.2 Å². The lowest BCUT2D eigenvalue weighted by Gasteiger charge is -2.28. The van der Waals surface area contributed by atoms with Gasteiger partial charge in [0.1, 0.15) is 15.9 Å². The van der Waals surface area contributed by atoms with E-state index < -0.39 is 10.0 Å². The van der Waals surface area contributed by atoms with Gasteiger partial charge in [-0.3, -0.25) is 0 Å². The van der Waals surface area contributed by atoms with Gasteiger partial charge in [0.2, 0.25) is 10.0 Å². The highest BCUT2D eigenvalue weighted by Crippen LogP contribution is 2.26. The van der Waals surface area contributed by atoms with E-state index in [0.29, 0.717) is 23.6 Å². The first-order valence-corrected chi connectivity index (χ1v) is 10.1. The van der Waals surface area contributed by atoms with Crippen molar-refractivity contribution in [3.8, 4) is 0 Å². The Bertz CT molecular complexity index is 760. The lowest BCUT2D eigenvalue weighted by molar-refractivity contribution is -0.00176. The molecule has 2 atom stereocenters. The molecule has 1 aliphatic rings. The van der Waals surface area contributed by atoms with Crippen LogP contribution in [0.15, 0.2) is 23.1 Å². The number of sulfonamides is 1. The number of hydrogen-bond donors (Lipinski definition) is 1. The molecule has 0 saturated heterocycles. The van der Waals surface area contributed by atoms with E-state index in [0.717, 1.165) is 18.1 Å². The minimum absolute atomic E-state index is 0.176. The summed E-state index contributed by atoms with van der Waals surface area (Å²) in [4.78, 5) is 0.176. The van der Waals surface area contributed by atoms with Crippen molar-refractivity contribution in [3.63, 3.8) is 0 Å². The van der Waals surface area contributed by atoms with E-state index in [4.69, 9.17) is 4.74 Å². The van der Waals surface area contributed by atoms with Crippen LogP contribution in [0.2, 0.25) is 0 Å². The SMILES string of the molecule is C[C@H]1CCCC[C@H]1OCCNS(=O)(=O)c1cccc2nsnc12. The van der Waals surface area contributed by atoms with Gasteiger partial charge in [-0.05, 0) is 30.9 Å². The third kappa shape index (κ3) is 3.88. The number of hydrogen-bond acceptors (Lipinski definition) is 6. The van der Waals surface area contributed by atoms with Crippen LogP contribution in [0.3, 0.4) is 0 Å².